The Morgan fingerprint density at radius 3 is 2.95 bits per heavy atom. The molecule has 0 spiro atoms. The molecule has 0 radical (unpaired) electrons. The molecule has 1 aromatic carbocycles. The van der Waals surface area contributed by atoms with Gasteiger partial charge in [0.25, 0.3) is 0 Å². The van der Waals surface area contributed by atoms with Crippen molar-refractivity contribution < 1.29 is 4.79 Å². The summed E-state index contributed by atoms with van der Waals surface area (Å²) in [6.45, 7) is 1.96. The van der Waals surface area contributed by atoms with Gasteiger partial charge in [0.1, 0.15) is 6.33 Å². The summed E-state index contributed by atoms with van der Waals surface area (Å²) in [5.41, 5.74) is 7.41. The number of carbonyl (C=O) groups is 1. The quantitative estimate of drug-likeness (QED) is 0.865. The van der Waals surface area contributed by atoms with Crippen LogP contribution in [0.25, 0.3) is 11.4 Å². The van der Waals surface area contributed by atoms with Crippen molar-refractivity contribution in [2.45, 2.75) is 25.8 Å². The molecule has 20 heavy (non-hydrogen) atoms. The van der Waals surface area contributed by atoms with Gasteiger partial charge in [0.15, 0.2) is 5.82 Å². The lowest BCUT2D eigenvalue weighted by Crippen LogP contribution is -2.26. The number of nitrogens with one attached hydrogen (secondary N) is 1. The molecule has 0 saturated carbocycles. The first-order valence-electron chi connectivity index (χ1n) is 6.60. The smallest absolute Gasteiger partial charge is 0.225 e. The second-order valence-corrected chi connectivity index (χ2v) is 4.77. The molecule has 1 aromatic heterocycles. The summed E-state index contributed by atoms with van der Waals surface area (Å²) in [6.07, 6.45) is 2.75. The maximum absolute atomic E-state index is 11.8. The van der Waals surface area contributed by atoms with Crippen LogP contribution in [0.5, 0.6) is 0 Å². The van der Waals surface area contributed by atoms with E-state index in [4.69, 9.17) is 5.73 Å². The van der Waals surface area contributed by atoms with Gasteiger partial charge in [-0.05, 0) is 18.6 Å². The van der Waals surface area contributed by atoms with Crippen LogP contribution >= 0.6 is 0 Å². The molecule has 0 saturated heterocycles. The minimum Gasteiger partial charge on any atom is -0.327 e. The van der Waals surface area contributed by atoms with Gasteiger partial charge in [0.05, 0.1) is 0 Å². The van der Waals surface area contributed by atoms with Gasteiger partial charge in [0, 0.05) is 30.8 Å². The monoisotopic (exact) mass is 273 g/mol. The van der Waals surface area contributed by atoms with E-state index in [1.165, 1.54) is 0 Å². The Hall–Kier alpha value is -2.21. The summed E-state index contributed by atoms with van der Waals surface area (Å²) >= 11 is 0. The van der Waals surface area contributed by atoms with Crippen LogP contribution in [0, 0.1) is 0 Å². The molecular weight excluding hydrogens is 254 g/mol. The Balaban J connectivity index is 2.11. The molecule has 0 bridgehead atoms. The van der Waals surface area contributed by atoms with Crippen LogP contribution in [0.15, 0.2) is 30.6 Å². The largest absolute Gasteiger partial charge is 0.327 e. The number of amides is 1. The van der Waals surface area contributed by atoms with Crippen molar-refractivity contribution in [2.75, 3.05) is 5.32 Å². The minimum atomic E-state index is -0.100. The van der Waals surface area contributed by atoms with E-state index in [0.717, 1.165) is 23.5 Å². The van der Waals surface area contributed by atoms with Crippen molar-refractivity contribution in [1.82, 2.24) is 14.8 Å². The average molecular weight is 273 g/mol. The number of hydrogen-bond acceptors (Lipinski definition) is 4. The summed E-state index contributed by atoms with van der Waals surface area (Å²) in [5, 5.41) is 10.7. The number of carbonyl (C=O) groups excluding carboxylic acids is 1. The van der Waals surface area contributed by atoms with Crippen molar-refractivity contribution in [3.05, 3.63) is 30.6 Å². The molecule has 1 unspecified atom stereocenters. The van der Waals surface area contributed by atoms with E-state index < -0.39 is 0 Å². The van der Waals surface area contributed by atoms with E-state index in [0.29, 0.717) is 6.42 Å². The summed E-state index contributed by atoms with van der Waals surface area (Å²) in [6, 6.07) is 7.42. The van der Waals surface area contributed by atoms with Crippen LogP contribution in [0.2, 0.25) is 0 Å². The number of benzene rings is 1. The Morgan fingerprint density at radius 2 is 2.30 bits per heavy atom. The SMILES string of the molecule is CCC(N)CC(=O)Nc1cccc(-c2nncn2C)c1. The Bertz CT molecular complexity index is 593. The highest BCUT2D eigenvalue weighted by Crippen LogP contribution is 2.20. The predicted molar refractivity (Wildman–Crippen MR) is 78.0 cm³/mol. The molecule has 0 aliphatic rings. The van der Waals surface area contributed by atoms with E-state index in [2.05, 4.69) is 15.5 Å². The van der Waals surface area contributed by atoms with Gasteiger partial charge in [0.2, 0.25) is 5.91 Å². The first kappa shape index (κ1) is 14.2. The molecule has 2 rings (SSSR count). The average Bonchev–Trinajstić information content (AvgIpc) is 2.85. The second-order valence-electron chi connectivity index (χ2n) is 4.77. The highest BCUT2D eigenvalue weighted by Gasteiger charge is 2.09. The van der Waals surface area contributed by atoms with Crippen LogP contribution in [-0.4, -0.2) is 26.7 Å². The van der Waals surface area contributed by atoms with Crippen LogP contribution < -0.4 is 11.1 Å². The standard InChI is InChI=1S/C14H19N5O/c1-3-11(15)8-13(20)17-12-6-4-5-10(7-12)14-18-16-9-19(14)2/h4-7,9,11H,3,8,15H2,1-2H3,(H,17,20). The summed E-state index contributed by atoms with van der Waals surface area (Å²) in [7, 11) is 1.88. The lowest BCUT2D eigenvalue weighted by atomic mass is 10.1. The first-order valence-corrected chi connectivity index (χ1v) is 6.60. The van der Waals surface area contributed by atoms with E-state index in [1.54, 1.807) is 6.33 Å². The predicted octanol–water partition coefficient (Wildman–Crippen LogP) is 1.55. The van der Waals surface area contributed by atoms with Gasteiger partial charge in [-0.15, -0.1) is 10.2 Å². The number of aromatic nitrogens is 3. The van der Waals surface area contributed by atoms with E-state index >= 15 is 0 Å². The highest BCUT2D eigenvalue weighted by atomic mass is 16.1. The van der Waals surface area contributed by atoms with Crippen LogP contribution in [0.1, 0.15) is 19.8 Å². The number of anilines is 1. The molecule has 0 aliphatic carbocycles. The minimum absolute atomic E-state index is 0.0746. The normalized spacial score (nSPS) is 12.2. The van der Waals surface area contributed by atoms with Gasteiger partial charge >= 0.3 is 0 Å². The zero-order valence-corrected chi connectivity index (χ0v) is 11.7. The van der Waals surface area contributed by atoms with Gasteiger partial charge < -0.3 is 15.6 Å². The van der Waals surface area contributed by atoms with E-state index in [-0.39, 0.29) is 11.9 Å². The number of nitrogens with two attached hydrogens (primary N) is 1. The van der Waals surface area contributed by atoms with E-state index in [9.17, 15) is 4.79 Å². The Kier molecular flexibility index (Phi) is 4.47. The number of rotatable bonds is 5. The molecule has 1 heterocycles. The van der Waals surface area contributed by atoms with Gasteiger partial charge in [-0.2, -0.15) is 0 Å². The first-order chi connectivity index (χ1) is 9.60. The van der Waals surface area contributed by atoms with Crippen molar-refractivity contribution >= 4 is 11.6 Å². The lowest BCUT2D eigenvalue weighted by molar-refractivity contribution is -0.116. The summed E-state index contributed by atoms with van der Waals surface area (Å²) in [5.74, 6) is 0.681. The maximum atomic E-state index is 11.8. The van der Waals surface area contributed by atoms with Crippen molar-refractivity contribution in [1.29, 1.82) is 0 Å². The molecule has 0 fully saturated rings. The van der Waals surface area contributed by atoms with Crippen LogP contribution in [-0.2, 0) is 11.8 Å². The van der Waals surface area contributed by atoms with Crippen molar-refractivity contribution in [2.24, 2.45) is 12.8 Å². The number of aryl methyl sites for hydroxylation is 1. The fourth-order valence-corrected chi connectivity index (χ4v) is 1.88. The fraction of sp³-hybridized carbons (Fsp3) is 0.357. The van der Waals surface area contributed by atoms with Gasteiger partial charge in [-0.3, -0.25) is 4.79 Å². The highest BCUT2D eigenvalue weighted by molar-refractivity contribution is 5.91. The fourth-order valence-electron chi connectivity index (χ4n) is 1.88. The van der Waals surface area contributed by atoms with Crippen LogP contribution in [0.4, 0.5) is 5.69 Å². The van der Waals surface area contributed by atoms with E-state index in [1.807, 2.05) is 42.8 Å². The molecular formula is C14H19N5O. The lowest BCUT2D eigenvalue weighted by Gasteiger charge is -2.10. The summed E-state index contributed by atoms with van der Waals surface area (Å²) in [4.78, 5) is 11.8. The maximum Gasteiger partial charge on any atom is 0.225 e. The third-order valence-electron chi connectivity index (χ3n) is 3.09. The Morgan fingerprint density at radius 1 is 1.50 bits per heavy atom. The third kappa shape index (κ3) is 3.42. The second kappa shape index (κ2) is 6.29. The van der Waals surface area contributed by atoms with Crippen molar-refractivity contribution in [3.8, 4) is 11.4 Å². The van der Waals surface area contributed by atoms with Crippen LogP contribution in [0.3, 0.4) is 0 Å². The van der Waals surface area contributed by atoms with Gasteiger partial charge in [-0.25, -0.2) is 0 Å². The molecule has 2 aromatic rings. The Labute approximate surface area is 118 Å². The molecule has 0 aliphatic heterocycles. The summed E-state index contributed by atoms with van der Waals surface area (Å²) < 4.78 is 1.83. The number of nitrogens with zero attached hydrogens (tertiary/aromatic N) is 3. The van der Waals surface area contributed by atoms with Crippen molar-refractivity contribution in [3.63, 3.8) is 0 Å². The third-order valence-corrected chi connectivity index (χ3v) is 3.09. The topological polar surface area (TPSA) is 85.8 Å². The molecule has 1 amide bonds. The molecule has 1 atom stereocenters. The van der Waals surface area contributed by atoms with Gasteiger partial charge in [-0.1, -0.05) is 19.1 Å². The molecule has 6 nitrogen and oxygen atoms in total. The number of hydrogen-bond donors (Lipinski definition) is 2. The molecule has 106 valence electrons. The zero-order chi connectivity index (χ0) is 14.5. The molecule has 3 N–H and O–H groups in total. The molecule has 6 heteroatoms. The zero-order valence-electron chi connectivity index (χ0n) is 11.7.